The number of amides is 1. The Morgan fingerprint density at radius 3 is 2.57 bits per heavy atom. The molecular formula is C20H13Br2N3O2S. The minimum atomic E-state index is -0.538. The monoisotopic (exact) mass is 517 g/mol. The first kappa shape index (κ1) is 20.3. The molecule has 0 aliphatic rings. The number of aromatic nitrogens is 1. The number of nitriles is 1. The summed E-state index contributed by atoms with van der Waals surface area (Å²) in [6, 6.07) is 15.1. The molecule has 1 aromatic heterocycles. The summed E-state index contributed by atoms with van der Waals surface area (Å²) < 4.78 is 0.910. The molecule has 3 rings (SSSR count). The minimum absolute atomic E-state index is 0.0499. The number of thiazole rings is 1. The average Bonchev–Trinajstić information content (AvgIpc) is 3.11. The van der Waals surface area contributed by atoms with Crippen LogP contribution in [0.15, 0.2) is 62.4 Å². The predicted molar refractivity (Wildman–Crippen MR) is 117 cm³/mol. The van der Waals surface area contributed by atoms with Crippen molar-refractivity contribution < 1.29 is 9.90 Å². The number of hydrogen-bond donors (Lipinski definition) is 2. The Balaban J connectivity index is 1.73. The first-order valence-corrected chi connectivity index (χ1v) is 10.5. The Morgan fingerprint density at radius 2 is 1.93 bits per heavy atom. The van der Waals surface area contributed by atoms with E-state index in [9.17, 15) is 15.2 Å². The first-order valence-electron chi connectivity index (χ1n) is 8.05. The number of hydrogen-bond acceptors (Lipinski definition) is 5. The Bertz CT molecular complexity index is 1070. The number of rotatable bonds is 5. The van der Waals surface area contributed by atoms with Crippen LogP contribution in [0.2, 0.25) is 0 Å². The van der Waals surface area contributed by atoms with Crippen LogP contribution in [-0.4, -0.2) is 16.0 Å². The summed E-state index contributed by atoms with van der Waals surface area (Å²) in [5.74, 6) is -0.489. The molecule has 28 heavy (non-hydrogen) atoms. The second kappa shape index (κ2) is 9.15. The molecule has 2 aromatic carbocycles. The second-order valence-electron chi connectivity index (χ2n) is 5.76. The molecule has 0 unspecified atom stereocenters. The van der Waals surface area contributed by atoms with Gasteiger partial charge >= 0.3 is 0 Å². The molecule has 0 atom stereocenters. The molecule has 1 heterocycles. The van der Waals surface area contributed by atoms with Gasteiger partial charge in [-0.1, -0.05) is 30.3 Å². The number of aromatic hydroxyl groups is 1. The molecule has 0 spiro atoms. The number of anilines is 1. The molecule has 0 fully saturated rings. The lowest BCUT2D eigenvalue weighted by Gasteiger charge is -2.04. The summed E-state index contributed by atoms with van der Waals surface area (Å²) >= 11 is 7.77. The maximum Gasteiger partial charge on any atom is 0.268 e. The number of halogens is 2. The van der Waals surface area contributed by atoms with Crippen molar-refractivity contribution in [2.45, 2.75) is 6.42 Å². The highest BCUT2D eigenvalue weighted by atomic mass is 79.9. The van der Waals surface area contributed by atoms with E-state index < -0.39 is 5.91 Å². The van der Waals surface area contributed by atoms with Gasteiger partial charge in [0.25, 0.3) is 5.91 Å². The van der Waals surface area contributed by atoms with E-state index >= 15 is 0 Å². The van der Waals surface area contributed by atoms with E-state index in [0.717, 1.165) is 11.3 Å². The fourth-order valence-electron chi connectivity index (χ4n) is 2.40. The van der Waals surface area contributed by atoms with Crippen LogP contribution in [-0.2, 0) is 11.2 Å². The quantitative estimate of drug-likeness (QED) is 0.344. The van der Waals surface area contributed by atoms with Crippen molar-refractivity contribution in [2.75, 3.05) is 5.32 Å². The number of nitrogens with zero attached hydrogens (tertiary/aromatic N) is 2. The van der Waals surface area contributed by atoms with Crippen molar-refractivity contribution in [3.05, 3.63) is 79.2 Å². The highest BCUT2D eigenvalue weighted by molar-refractivity contribution is 9.11. The fraction of sp³-hybridized carbons (Fsp3) is 0.0500. The molecule has 2 N–H and O–H groups in total. The van der Waals surface area contributed by atoms with Gasteiger partial charge in [0.1, 0.15) is 17.4 Å². The second-order valence-corrected chi connectivity index (χ2v) is 8.33. The van der Waals surface area contributed by atoms with E-state index in [-0.39, 0.29) is 11.3 Å². The van der Waals surface area contributed by atoms with E-state index in [1.54, 1.807) is 12.1 Å². The van der Waals surface area contributed by atoms with E-state index in [1.165, 1.54) is 17.4 Å². The van der Waals surface area contributed by atoms with Crippen LogP contribution in [0, 0.1) is 11.3 Å². The standard InChI is InChI=1S/C20H13Br2N3O2S/c21-16-8-13(9-17(22)18(16)26)6-14(10-23)19(27)25-20-24-15(11-28-20)7-12-4-2-1-3-5-12/h1-6,8-9,11,26H,7H2,(H,24,25,27)/b14-6+. The summed E-state index contributed by atoms with van der Waals surface area (Å²) in [5, 5.41) is 24.1. The van der Waals surface area contributed by atoms with Gasteiger partial charge in [-0.2, -0.15) is 5.26 Å². The summed E-state index contributed by atoms with van der Waals surface area (Å²) in [5.41, 5.74) is 2.50. The van der Waals surface area contributed by atoms with Crippen LogP contribution in [0.25, 0.3) is 6.08 Å². The Kier molecular flexibility index (Phi) is 6.62. The zero-order chi connectivity index (χ0) is 20.1. The molecular weight excluding hydrogens is 506 g/mol. The number of nitrogens with one attached hydrogen (secondary N) is 1. The van der Waals surface area contributed by atoms with Gasteiger partial charge in [0.2, 0.25) is 0 Å². The number of carbonyl (C=O) groups is 1. The van der Waals surface area contributed by atoms with Crippen LogP contribution in [0.3, 0.4) is 0 Å². The van der Waals surface area contributed by atoms with E-state index in [2.05, 4.69) is 42.2 Å². The molecule has 0 aliphatic carbocycles. The largest absolute Gasteiger partial charge is 0.506 e. The third kappa shape index (κ3) is 5.07. The van der Waals surface area contributed by atoms with Gasteiger partial charge in [0, 0.05) is 11.8 Å². The zero-order valence-electron chi connectivity index (χ0n) is 14.3. The van der Waals surface area contributed by atoms with Gasteiger partial charge in [0.05, 0.1) is 14.6 Å². The summed E-state index contributed by atoms with van der Waals surface area (Å²) in [7, 11) is 0. The van der Waals surface area contributed by atoms with Crippen LogP contribution in [0.5, 0.6) is 5.75 Å². The molecule has 5 nitrogen and oxygen atoms in total. The maximum atomic E-state index is 12.4. The van der Waals surface area contributed by atoms with E-state index in [1.807, 2.05) is 41.8 Å². The number of phenols is 1. The normalized spacial score (nSPS) is 11.1. The van der Waals surface area contributed by atoms with Crippen molar-refractivity contribution in [1.82, 2.24) is 4.98 Å². The van der Waals surface area contributed by atoms with Crippen molar-refractivity contribution >= 4 is 60.3 Å². The highest BCUT2D eigenvalue weighted by Gasteiger charge is 2.13. The summed E-state index contributed by atoms with van der Waals surface area (Å²) in [6.07, 6.45) is 2.12. The Morgan fingerprint density at radius 1 is 1.25 bits per heavy atom. The van der Waals surface area contributed by atoms with Crippen molar-refractivity contribution in [1.29, 1.82) is 5.26 Å². The van der Waals surface area contributed by atoms with Gasteiger partial charge in [-0.25, -0.2) is 4.98 Å². The molecule has 0 saturated carbocycles. The minimum Gasteiger partial charge on any atom is -0.506 e. The smallest absolute Gasteiger partial charge is 0.268 e. The zero-order valence-corrected chi connectivity index (χ0v) is 18.3. The number of benzene rings is 2. The topological polar surface area (TPSA) is 86.0 Å². The summed E-state index contributed by atoms with van der Waals surface area (Å²) in [4.78, 5) is 16.9. The molecule has 0 bridgehead atoms. The summed E-state index contributed by atoms with van der Waals surface area (Å²) in [6.45, 7) is 0. The molecule has 140 valence electrons. The first-order chi connectivity index (χ1) is 13.5. The SMILES string of the molecule is N#C/C(=C\c1cc(Br)c(O)c(Br)c1)C(=O)Nc1nc(Cc2ccccc2)cs1. The fourth-order valence-corrected chi connectivity index (χ4v) is 4.33. The van der Waals surface area contributed by atoms with Crippen molar-refractivity contribution in [3.63, 3.8) is 0 Å². The third-order valence-electron chi connectivity index (χ3n) is 3.72. The van der Waals surface area contributed by atoms with Gasteiger partial charge < -0.3 is 5.11 Å². The van der Waals surface area contributed by atoms with Gasteiger partial charge in [-0.3, -0.25) is 10.1 Å². The Hall–Kier alpha value is -2.47. The van der Waals surface area contributed by atoms with Crippen molar-refractivity contribution in [2.24, 2.45) is 0 Å². The lowest BCUT2D eigenvalue weighted by atomic mass is 10.1. The number of phenolic OH excluding ortho intramolecular Hbond substituents is 1. The molecule has 0 aliphatic heterocycles. The Labute approximate surface area is 182 Å². The molecule has 1 amide bonds. The maximum absolute atomic E-state index is 12.4. The molecule has 0 saturated heterocycles. The van der Waals surface area contributed by atoms with Gasteiger partial charge in [-0.05, 0) is 61.2 Å². The lowest BCUT2D eigenvalue weighted by molar-refractivity contribution is -0.112. The van der Waals surface area contributed by atoms with Crippen LogP contribution >= 0.6 is 43.2 Å². The van der Waals surface area contributed by atoms with Crippen LogP contribution in [0.4, 0.5) is 5.13 Å². The lowest BCUT2D eigenvalue weighted by Crippen LogP contribution is -2.13. The van der Waals surface area contributed by atoms with E-state index in [0.29, 0.717) is 26.1 Å². The van der Waals surface area contributed by atoms with Crippen LogP contribution < -0.4 is 5.32 Å². The number of carbonyl (C=O) groups excluding carboxylic acids is 1. The molecule has 8 heteroatoms. The van der Waals surface area contributed by atoms with Crippen LogP contribution in [0.1, 0.15) is 16.8 Å². The van der Waals surface area contributed by atoms with Crippen molar-refractivity contribution in [3.8, 4) is 11.8 Å². The van der Waals surface area contributed by atoms with Gasteiger partial charge in [-0.15, -0.1) is 11.3 Å². The molecule has 0 radical (unpaired) electrons. The molecule has 3 aromatic rings. The van der Waals surface area contributed by atoms with Gasteiger partial charge in [0.15, 0.2) is 5.13 Å². The average molecular weight is 519 g/mol. The van der Waals surface area contributed by atoms with E-state index in [4.69, 9.17) is 0 Å². The third-order valence-corrected chi connectivity index (χ3v) is 5.73. The highest BCUT2D eigenvalue weighted by Crippen LogP contribution is 2.34. The predicted octanol–water partition coefficient (Wildman–Crippen LogP) is 5.51.